The Morgan fingerprint density at radius 3 is 2.32 bits per heavy atom. The molecule has 25 heavy (non-hydrogen) atoms. The lowest BCUT2D eigenvalue weighted by Crippen LogP contribution is -2.43. The van der Waals surface area contributed by atoms with Crippen LogP contribution in [0.3, 0.4) is 0 Å². The van der Waals surface area contributed by atoms with Crippen LogP contribution in [0.2, 0.25) is 0 Å². The smallest absolute Gasteiger partial charge is 0.192 e. The van der Waals surface area contributed by atoms with Gasteiger partial charge in [-0.05, 0) is 51.0 Å². The molecule has 0 aliphatic heterocycles. The van der Waals surface area contributed by atoms with E-state index >= 15 is 0 Å². The van der Waals surface area contributed by atoms with Gasteiger partial charge in [0, 0.05) is 17.1 Å². The molecule has 0 saturated carbocycles. The normalized spacial score (nSPS) is 24.1. The molecule has 0 bridgehead atoms. The van der Waals surface area contributed by atoms with Crippen molar-refractivity contribution >= 4 is 5.78 Å². The molecule has 0 aromatic heterocycles. The summed E-state index contributed by atoms with van der Waals surface area (Å²) in [6.07, 6.45) is 4.68. The van der Waals surface area contributed by atoms with Gasteiger partial charge in [0.2, 0.25) is 0 Å². The Bertz CT molecular complexity index is 676. The molecule has 1 aromatic rings. The van der Waals surface area contributed by atoms with Crippen LogP contribution >= 0.6 is 0 Å². The first kappa shape index (κ1) is 19.6. The van der Waals surface area contributed by atoms with E-state index in [1.54, 1.807) is 0 Å². The van der Waals surface area contributed by atoms with E-state index in [1.807, 2.05) is 63.5 Å². The molecule has 3 nitrogen and oxygen atoms in total. The first-order valence-corrected chi connectivity index (χ1v) is 8.95. The van der Waals surface area contributed by atoms with Crippen LogP contribution in [-0.2, 0) is 0 Å². The maximum atomic E-state index is 13.0. The third-order valence-corrected chi connectivity index (χ3v) is 4.94. The largest absolute Gasteiger partial charge is 0.385 e. The topological polar surface area (TPSA) is 40.5 Å². The highest BCUT2D eigenvalue weighted by Crippen LogP contribution is 2.44. The third kappa shape index (κ3) is 4.47. The van der Waals surface area contributed by atoms with Crippen LogP contribution < -0.4 is 0 Å². The number of rotatable bonds is 5. The summed E-state index contributed by atoms with van der Waals surface area (Å²) in [7, 11) is 4.05. The molecular formula is C22H31NO2. The van der Waals surface area contributed by atoms with Gasteiger partial charge >= 0.3 is 0 Å². The maximum absolute atomic E-state index is 13.0. The highest BCUT2D eigenvalue weighted by molar-refractivity contribution is 6.10. The van der Waals surface area contributed by atoms with Crippen molar-refractivity contribution in [1.29, 1.82) is 0 Å². The van der Waals surface area contributed by atoms with Gasteiger partial charge in [-0.2, -0.15) is 0 Å². The SMILES string of the molecule is CN(C)CCC1C=C(C(=O)c2ccccc2)C=C(C(C)(C)C)C1(C)O. The van der Waals surface area contributed by atoms with Crippen molar-refractivity contribution in [2.75, 3.05) is 20.6 Å². The number of hydrogen-bond acceptors (Lipinski definition) is 3. The zero-order chi connectivity index (χ0) is 18.8. The van der Waals surface area contributed by atoms with E-state index in [1.165, 1.54) is 0 Å². The lowest BCUT2D eigenvalue weighted by Gasteiger charge is -2.43. The Hall–Kier alpha value is -1.71. The van der Waals surface area contributed by atoms with Crippen molar-refractivity contribution in [2.24, 2.45) is 11.3 Å². The number of hydrogen-bond donors (Lipinski definition) is 1. The van der Waals surface area contributed by atoms with E-state index in [9.17, 15) is 9.90 Å². The van der Waals surface area contributed by atoms with Crippen molar-refractivity contribution in [3.8, 4) is 0 Å². The Kier molecular flexibility index (Phi) is 5.70. The molecule has 0 amide bonds. The molecule has 136 valence electrons. The van der Waals surface area contributed by atoms with E-state index in [2.05, 4.69) is 25.7 Å². The molecule has 1 aliphatic rings. The van der Waals surface area contributed by atoms with Gasteiger partial charge in [-0.15, -0.1) is 0 Å². The summed E-state index contributed by atoms with van der Waals surface area (Å²) in [4.78, 5) is 15.1. The van der Waals surface area contributed by atoms with Crippen LogP contribution in [0.4, 0.5) is 0 Å². The molecule has 1 N–H and O–H groups in total. The van der Waals surface area contributed by atoms with E-state index in [0.29, 0.717) is 11.1 Å². The fraction of sp³-hybridized carbons (Fsp3) is 0.500. The fourth-order valence-corrected chi connectivity index (χ4v) is 3.56. The Morgan fingerprint density at radius 1 is 1.20 bits per heavy atom. The molecule has 2 rings (SSSR count). The molecule has 0 saturated heterocycles. The molecule has 0 heterocycles. The summed E-state index contributed by atoms with van der Waals surface area (Å²) in [5.41, 5.74) is 1.13. The van der Waals surface area contributed by atoms with Gasteiger partial charge in [0.25, 0.3) is 0 Å². The van der Waals surface area contributed by atoms with Crippen LogP contribution in [0.1, 0.15) is 44.5 Å². The molecule has 1 aliphatic carbocycles. The highest BCUT2D eigenvalue weighted by atomic mass is 16.3. The average Bonchev–Trinajstić information content (AvgIpc) is 2.52. The number of carbonyl (C=O) groups is 1. The Morgan fingerprint density at radius 2 is 1.80 bits per heavy atom. The van der Waals surface area contributed by atoms with Gasteiger partial charge in [0.15, 0.2) is 5.78 Å². The summed E-state index contributed by atoms with van der Waals surface area (Å²) in [5, 5.41) is 11.3. The van der Waals surface area contributed by atoms with Crippen LogP contribution in [-0.4, -0.2) is 42.0 Å². The molecule has 0 fully saturated rings. The second-order valence-corrected chi connectivity index (χ2v) is 8.47. The van der Waals surface area contributed by atoms with E-state index in [4.69, 9.17) is 0 Å². The summed E-state index contributed by atoms with van der Waals surface area (Å²) in [6.45, 7) is 9.01. The second kappa shape index (κ2) is 7.27. The van der Waals surface area contributed by atoms with E-state index < -0.39 is 5.60 Å². The first-order valence-electron chi connectivity index (χ1n) is 8.95. The summed E-state index contributed by atoms with van der Waals surface area (Å²) in [5.74, 6) is -0.0653. The van der Waals surface area contributed by atoms with Gasteiger partial charge in [0.1, 0.15) is 0 Å². The number of ketones is 1. The van der Waals surface area contributed by atoms with Gasteiger partial charge in [0.05, 0.1) is 5.60 Å². The second-order valence-electron chi connectivity index (χ2n) is 8.47. The summed E-state index contributed by atoms with van der Waals surface area (Å²) in [6, 6.07) is 9.35. The highest BCUT2D eigenvalue weighted by Gasteiger charge is 2.42. The Labute approximate surface area is 152 Å². The van der Waals surface area contributed by atoms with Crippen molar-refractivity contribution < 1.29 is 9.90 Å². The number of benzene rings is 1. The van der Waals surface area contributed by atoms with Crippen LogP contribution in [0.25, 0.3) is 0 Å². The monoisotopic (exact) mass is 341 g/mol. The van der Waals surface area contributed by atoms with Crippen molar-refractivity contribution in [3.63, 3.8) is 0 Å². The predicted octanol–water partition coefficient (Wildman–Crippen LogP) is 4.10. The fourth-order valence-electron chi connectivity index (χ4n) is 3.56. The maximum Gasteiger partial charge on any atom is 0.192 e. The minimum Gasteiger partial charge on any atom is -0.385 e. The average molecular weight is 341 g/mol. The molecule has 0 radical (unpaired) electrons. The van der Waals surface area contributed by atoms with Gasteiger partial charge in [-0.3, -0.25) is 4.79 Å². The number of nitrogens with zero attached hydrogens (tertiary/aromatic N) is 1. The lowest BCUT2D eigenvalue weighted by atomic mass is 9.66. The molecule has 0 spiro atoms. The number of carbonyl (C=O) groups excluding carboxylic acids is 1. The molecular weight excluding hydrogens is 310 g/mol. The number of aliphatic hydroxyl groups is 1. The standard InChI is InChI=1S/C22H31NO2/c1-21(2,3)19-15-17(20(24)16-10-8-7-9-11-16)14-18(22(19,4)25)12-13-23(5)6/h7-11,14-15,18,25H,12-13H2,1-6H3. The third-order valence-electron chi connectivity index (χ3n) is 4.94. The number of Topliss-reactive ketones (excluding diaryl/α,β-unsaturated/α-hetero) is 1. The van der Waals surface area contributed by atoms with Crippen LogP contribution in [0, 0.1) is 11.3 Å². The molecule has 2 atom stereocenters. The lowest BCUT2D eigenvalue weighted by molar-refractivity contribution is 0.0293. The predicted molar refractivity (Wildman–Crippen MR) is 104 cm³/mol. The minimum atomic E-state index is -0.950. The zero-order valence-electron chi connectivity index (χ0n) is 16.3. The van der Waals surface area contributed by atoms with Crippen molar-refractivity contribution in [3.05, 3.63) is 59.2 Å². The first-order chi connectivity index (χ1) is 11.5. The summed E-state index contributed by atoms with van der Waals surface area (Å²) >= 11 is 0. The van der Waals surface area contributed by atoms with Crippen LogP contribution in [0.15, 0.2) is 53.6 Å². The molecule has 1 aromatic carbocycles. The van der Waals surface area contributed by atoms with Crippen molar-refractivity contribution in [1.82, 2.24) is 4.90 Å². The van der Waals surface area contributed by atoms with E-state index in [0.717, 1.165) is 18.5 Å². The number of allylic oxidation sites excluding steroid dienone is 2. The molecule has 2 unspecified atom stereocenters. The van der Waals surface area contributed by atoms with Gasteiger partial charge in [-0.1, -0.05) is 57.2 Å². The summed E-state index contributed by atoms with van der Waals surface area (Å²) < 4.78 is 0. The quantitative estimate of drug-likeness (QED) is 0.820. The minimum absolute atomic E-state index is 0.0210. The van der Waals surface area contributed by atoms with Gasteiger partial charge < -0.3 is 10.0 Å². The van der Waals surface area contributed by atoms with Gasteiger partial charge in [-0.25, -0.2) is 0 Å². The molecule has 3 heteroatoms. The van der Waals surface area contributed by atoms with Crippen LogP contribution in [0.5, 0.6) is 0 Å². The van der Waals surface area contributed by atoms with E-state index in [-0.39, 0.29) is 17.1 Å². The zero-order valence-corrected chi connectivity index (χ0v) is 16.3. The van der Waals surface area contributed by atoms with Crippen molar-refractivity contribution in [2.45, 2.75) is 39.7 Å². The Balaban J connectivity index is 2.45.